The standard InChI is InChI=1S/C27H35NO6S/c1-16(2)10-11-20-13-18(4)23(35-20)14-19(5)25(30)24-21(29)15-22(34-26(24)31)17(3)9-7-8-12-28-27(32)33-6/h8,12-17,29H,7,9-11H2,1-6H3,(H,28,32)/b12-8+,19-14+. The smallest absolute Gasteiger partial charge is 0.410 e. The minimum Gasteiger partial charge on any atom is -0.507 e. The third kappa shape index (κ3) is 8.24. The number of carbonyl (C=O) groups is 2. The first-order valence-corrected chi connectivity index (χ1v) is 12.5. The molecule has 0 saturated heterocycles. The van der Waals surface area contributed by atoms with Crippen LogP contribution in [0.3, 0.4) is 0 Å². The van der Waals surface area contributed by atoms with Gasteiger partial charge in [0.2, 0.25) is 0 Å². The molecule has 2 N–H and O–H groups in total. The number of ether oxygens (including phenoxy) is 1. The van der Waals surface area contributed by atoms with E-state index in [2.05, 4.69) is 30.0 Å². The topological polar surface area (TPSA) is 106 Å². The lowest BCUT2D eigenvalue weighted by atomic mass is 9.99. The Bertz CT molecular complexity index is 1150. The lowest BCUT2D eigenvalue weighted by Gasteiger charge is -2.11. The Morgan fingerprint density at radius 2 is 1.94 bits per heavy atom. The number of rotatable bonds is 11. The van der Waals surface area contributed by atoms with Gasteiger partial charge in [-0.2, -0.15) is 0 Å². The summed E-state index contributed by atoms with van der Waals surface area (Å²) in [7, 11) is 1.28. The fourth-order valence-corrected chi connectivity index (χ4v) is 4.62. The third-order valence-electron chi connectivity index (χ3n) is 5.61. The van der Waals surface area contributed by atoms with Crippen molar-refractivity contribution in [2.45, 2.75) is 66.2 Å². The average Bonchev–Trinajstić information content (AvgIpc) is 3.15. The second kappa shape index (κ2) is 13.1. The summed E-state index contributed by atoms with van der Waals surface area (Å²) in [6.07, 6.45) is 7.72. The highest BCUT2D eigenvalue weighted by Gasteiger charge is 2.22. The van der Waals surface area contributed by atoms with Crippen LogP contribution in [0.25, 0.3) is 6.08 Å². The van der Waals surface area contributed by atoms with Crippen molar-refractivity contribution in [3.8, 4) is 5.75 Å². The van der Waals surface area contributed by atoms with E-state index >= 15 is 0 Å². The van der Waals surface area contributed by atoms with Gasteiger partial charge >= 0.3 is 11.7 Å². The molecule has 0 spiro atoms. The van der Waals surface area contributed by atoms with Crippen LogP contribution in [-0.4, -0.2) is 24.1 Å². The van der Waals surface area contributed by atoms with Crippen LogP contribution in [0.2, 0.25) is 0 Å². The second-order valence-electron chi connectivity index (χ2n) is 9.06. The first-order valence-electron chi connectivity index (χ1n) is 11.7. The van der Waals surface area contributed by atoms with Crippen LogP contribution in [0, 0.1) is 12.8 Å². The normalized spacial score (nSPS) is 12.8. The van der Waals surface area contributed by atoms with Crippen LogP contribution in [-0.2, 0) is 11.2 Å². The SMILES string of the molecule is COC(=O)N/C=C/CCC(C)c1cc(O)c(C(=O)/C(C)=C/c2sc(CCC(C)C)cc2C)c(=O)o1. The summed E-state index contributed by atoms with van der Waals surface area (Å²) in [5.41, 5.74) is 0.230. The van der Waals surface area contributed by atoms with Crippen LogP contribution in [0.15, 0.2) is 39.2 Å². The molecular weight excluding hydrogens is 466 g/mol. The summed E-state index contributed by atoms with van der Waals surface area (Å²) in [6, 6.07) is 3.47. The van der Waals surface area contributed by atoms with Crippen molar-refractivity contribution in [1.82, 2.24) is 5.32 Å². The predicted octanol–water partition coefficient (Wildman–Crippen LogP) is 6.34. The number of aryl methyl sites for hydroxylation is 2. The number of methoxy groups -OCH3 is 1. The van der Waals surface area contributed by atoms with E-state index in [1.807, 2.05) is 13.8 Å². The fraction of sp³-hybridized carbons (Fsp3) is 0.444. The van der Waals surface area contributed by atoms with Gasteiger partial charge in [-0.1, -0.05) is 26.8 Å². The van der Waals surface area contributed by atoms with Crippen molar-refractivity contribution >= 4 is 29.3 Å². The molecule has 35 heavy (non-hydrogen) atoms. The second-order valence-corrected chi connectivity index (χ2v) is 10.2. The Kier molecular flexibility index (Phi) is 10.5. The highest BCUT2D eigenvalue weighted by Crippen LogP contribution is 2.29. The molecule has 0 fully saturated rings. The molecule has 2 heterocycles. The first kappa shape index (κ1) is 28.1. The highest BCUT2D eigenvalue weighted by molar-refractivity contribution is 7.13. The largest absolute Gasteiger partial charge is 0.507 e. The molecule has 1 atom stereocenters. The maximum absolute atomic E-state index is 13.0. The number of alkyl carbamates (subject to hydrolysis) is 1. The van der Waals surface area contributed by atoms with Crippen LogP contribution in [0.5, 0.6) is 5.75 Å². The van der Waals surface area contributed by atoms with E-state index in [9.17, 15) is 19.5 Å². The molecule has 2 rings (SSSR count). The summed E-state index contributed by atoms with van der Waals surface area (Å²) < 4.78 is 9.86. The molecule has 2 aromatic heterocycles. The molecule has 0 aliphatic rings. The number of thiophene rings is 1. The zero-order chi connectivity index (χ0) is 26.1. The number of amides is 1. The monoisotopic (exact) mass is 501 g/mol. The third-order valence-corrected chi connectivity index (χ3v) is 6.86. The number of nitrogens with one attached hydrogen (secondary N) is 1. The van der Waals surface area contributed by atoms with Crippen molar-refractivity contribution in [3.63, 3.8) is 0 Å². The Morgan fingerprint density at radius 3 is 2.57 bits per heavy atom. The molecule has 0 radical (unpaired) electrons. The maximum Gasteiger partial charge on any atom is 0.410 e. The van der Waals surface area contributed by atoms with Crippen LogP contribution < -0.4 is 10.9 Å². The van der Waals surface area contributed by atoms with E-state index in [-0.39, 0.29) is 17.2 Å². The molecule has 0 aliphatic carbocycles. The quantitative estimate of drug-likeness (QED) is 0.275. The number of ketones is 1. The lowest BCUT2D eigenvalue weighted by Crippen LogP contribution is -2.16. The molecule has 7 nitrogen and oxygen atoms in total. The molecule has 2 aromatic rings. The maximum atomic E-state index is 13.0. The molecule has 0 aliphatic heterocycles. The van der Waals surface area contributed by atoms with E-state index in [1.165, 1.54) is 24.3 Å². The molecule has 0 saturated carbocycles. The highest BCUT2D eigenvalue weighted by atomic mass is 32.1. The number of allylic oxidation sites excluding steroid dienone is 2. The zero-order valence-electron chi connectivity index (χ0n) is 21.3. The van der Waals surface area contributed by atoms with Gasteiger partial charge < -0.3 is 14.3 Å². The van der Waals surface area contributed by atoms with Gasteiger partial charge in [0.1, 0.15) is 17.1 Å². The molecule has 190 valence electrons. The van der Waals surface area contributed by atoms with E-state index in [0.717, 1.165) is 23.3 Å². The molecule has 8 heteroatoms. The van der Waals surface area contributed by atoms with Gasteiger partial charge in [-0.3, -0.25) is 10.1 Å². The van der Waals surface area contributed by atoms with Gasteiger partial charge in [-0.25, -0.2) is 9.59 Å². The summed E-state index contributed by atoms with van der Waals surface area (Å²) in [4.78, 5) is 38.9. The lowest BCUT2D eigenvalue weighted by molar-refractivity contribution is 0.102. The minimum absolute atomic E-state index is 0.185. The summed E-state index contributed by atoms with van der Waals surface area (Å²) in [6.45, 7) is 9.87. The van der Waals surface area contributed by atoms with E-state index in [0.29, 0.717) is 30.1 Å². The number of aromatic hydroxyl groups is 1. The van der Waals surface area contributed by atoms with Gasteiger partial charge in [0.15, 0.2) is 5.78 Å². The summed E-state index contributed by atoms with van der Waals surface area (Å²) >= 11 is 1.64. The van der Waals surface area contributed by atoms with Crippen molar-refractivity contribution in [2.75, 3.05) is 7.11 Å². The predicted molar refractivity (Wildman–Crippen MR) is 139 cm³/mol. The summed E-state index contributed by atoms with van der Waals surface area (Å²) in [5.74, 6) is -0.208. The molecule has 1 amide bonds. The van der Waals surface area contributed by atoms with Crippen molar-refractivity contribution in [1.29, 1.82) is 0 Å². The number of hydrogen-bond acceptors (Lipinski definition) is 7. The number of hydrogen-bond donors (Lipinski definition) is 2. The van der Waals surface area contributed by atoms with Crippen molar-refractivity contribution in [2.24, 2.45) is 5.92 Å². The molecule has 1 unspecified atom stereocenters. The Morgan fingerprint density at radius 1 is 1.23 bits per heavy atom. The Hall–Kier alpha value is -3.13. The van der Waals surface area contributed by atoms with Crippen molar-refractivity contribution in [3.05, 3.63) is 67.0 Å². The van der Waals surface area contributed by atoms with Gasteiger partial charge in [0, 0.05) is 27.9 Å². The number of carbonyl (C=O) groups excluding carboxylic acids is 2. The fourth-order valence-electron chi connectivity index (χ4n) is 3.43. The van der Waals surface area contributed by atoms with Gasteiger partial charge in [-0.15, -0.1) is 11.3 Å². The molecule has 0 bridgehead atoms. The first-order chi connectivity index (χ1) is 16.5. The molecular formula is C27H35NO6S. The van der Waals surface area contributed by atoms with Crippen molar-refractivity contribution < 1.29 is 23.8 Å². The van der Waals surface area contributed by atoms with Crippen LogP contribution >= 0.6 is 11.3 Å². The van der Waals surface area contributed by atoms with Crippen LogP contribution in [0.1, 0.15) is 84.3 Å². The molecule has 0 aromatic carbocycles. The number of Topliss-reactive ketones (excluding diaryl/α,β-unsaturated/α-hetero) is 1. The van der Waals surface area contributed by atoms with Gasteiger partial charge in [-0.05, 0) is 68.7 Å². The average molecular weight is 502 g/mol. The zero-order valence-corrected chi connectivity index (χ0v) is 22.1. The van der Waals surface area contributed by atoms with Gasteiger partial charge in [0.05, 0.1) is 7.11 Å². The van der Waals surface area contributed by atoms with E-state index in [1.54, 1.807) is 30.4 Å². The minimum atomic E-state index is -0.854. The Labute approximate surface area is 210 Å². The Balaban J connectivity index is 2.13. The van der Waals surface area contributed by atoms with Gasteiger partial charge in [0.25, 0.3) is 0 Å². The van der Waals surface area contributed by atoms with E-state index < -0.39 is 17.5 Å². The van der Waals surface area contributed by atoms with E-state index in [4.69, 9.17) is 4.42 Å². The summed E-state index contributed by atoms with van der Waals surface area (Å²) in [5, 5.41) is 12.9. The van der Waals surface area contributed by atoms with Crippen LogP contribution in [0.4, 0.5) is 4.79 Å².